The van der Waals surface area contributed by atoms with Gasteiger partial charge in [-0.3, -0.25) is 4.79 Å². The van der Waals surface area contributed by atoms with Crippen molar-refractivity contribution in [3.63, 3.8) is 0 Å². The van der Waals surface area contributed by atoms with Crippen LogP contribution in [-0.2, 0) is 9.53 Å². The first-order chi connectivity index (χ1) is 4.89. The second-order valence-electron chi connectivity index (χ2n) is 2.03. The van der Waals surface area contributed by atoms with Crippen LogP contribution in [-0.4, -0.2) is 17.5 Å². The molecule has 10 heavy (non-hydrogen) atoms. The van der Waals surface area contributed by atoms with E-state index in [1.807, 2.05) is 0 Å². The van der Waals surface area contributed by atoms with Crippen molar-refractivity contribution in [2.24, 2.45) is 0 Å². The zero-order valence-electron chi connectivity index (χ0n) is 5.88. The Hall–Kier alpha value is -0.140. The summed E-state index contributed by atoms with van der Waals surface area (Å²) in [6.07, 6.45) is 3.83. The van der Waals surface area contributed by atoms with Crippen molar-refractivity contribution >= 4 is 15.4 Å². The molecule has 3 nitrogen and oxygen atoms in total. The first-order valence-electron chi connectivity index (χ1n) is 3.31. The predicted octanol–water partition coefficient (Wildman–Crippen LogP) is 0.872. The molecule has 0 bridgehead atoms. The Kier molecular flexibility index (Phi) is 6.88. The molecule has 1 N–H and O–H groups in total. The number of ether oxygens (including phenoxy) is 1. The lowest BCUT2D eigenvalue weighted by molar-refractivity contribution is -0.142. The number of cyclic esters (lactones) is 1. The first-order valence-corrected chi connectivity index (χ1v) is 3.83. The van der Waals surface area contributed by atoms with E-state index in [9.17, 15) is 4.79 Å². The molecule has 0 spiro atoms. The third-order valence-corrected chi connectivity index (χ3v) is 1.29. The van der Waals surface area contributed by atoms with Crippen LogP contribution >= 0.6 is 9.47 Å². The van der Waals surface area contributed by atoms with Crippen molar-refractivity contribution < 1.29 is 14.4 Å². The van der Waals surface area contributed by atoms with Crippen LogP contribution in [0.2, 0.25) is 0 Å². The van der Waals surface area contributed by atoms with E-state index in [4.69, 9.17) is 9.63 Å². The highest BCUT2D eigenvalue weighted by Crippen LogP contribution is 2.06. The Morgan fingerprint density at radius 2 is 2.00 bits per heavy atom. The zero-order chi connectivity index (χ0) is 7.82. The van der Waals surface area contributed by atoms with Gasteiger partial charge >= 0.3 is 5.97 Å². The average Bonchev–Trinajstić information content (AvgIpc) is 2.21. The van der Waals surface area contributed by atoms with Crippen molar-refractivity contribution in [1.29, 1.82) is 0 Å². The number of esters is 1. The van der Waals surface area contributed by atoms with Crippen LogP contribution in [0.15, 0.2) is 0 Å². The molecule has 1 atom stereocenters. The summed E-state index contributed by atoms with van der Waals surface area (Å²) in [6, 6.07) is 0. The summed E-state index contributed by atoms with van der Waals surface area (Å²) in [5.41, 5.74) is 0. The highest BCUT2D eigenvalue weighted by molar-refractivity contribution is 7.08. The van der Waals surface area contributed by atoms with Gasteiger partial charge in [0.1, 0.15) is 0 Å². The zero-order valence-corrected chi connectivity index (χ0v) is 7.03. The smallest absolute Gasteiger partial charge is 0.305 e. The molecule has 1 fully saturated rings. The van der Waals surface area contributed by atoms with Gasteiger partial charge in [0.05, 0.1) is 6.61 Å². The monoisotopic (exact) mass is 164 g/mol. The van der Waals surface area contributed by atoms with Crippen LogP contribution in [0, 0.1) is 0 Å². The molecule has 1 saturated heterocycles. The van der Waals surface area contributed by atoms with E-state index in [0.717, 1.165) is 19.3 Å². The Morgan fingerprint density at radius 3 is 2.70 bits per heavy atom. The average molecular weight is 164 g/mol. The summed E-state index contributed by atoms with van der Waals surface area (Å²) in [7, 11) is 1.42. The fourth-order valence-corrected chi connectivity index (χ4v) is 0.806. The van der Waals surface area contributed by atoms with Gasteiger partial charge in [-0.25, -0.2) is 0 Å². The van der Waals surface area contributed by atoms with E-state index in [2.05, 4.69) is 0 Å². The van der Waals surface area contributed by atoms with Gasteiger partial charge in [-0.1, -0.05) is 0 Å². The topological polar surface area (TPSA) is 46.5 Å². The number of carbonyl (C=O) groups is 1. The van der Waals surface area contributed by atoms with E-state index in [0.29, 0.717) is 13.0 Å². The van der Waals surface area contributed by atoms with Crippen molar-refractivity contribution in [1.82, 2.24) is 0 Å². The van der Waals surface area contributed by atoms with Crippen LogP contribution in [0.3, 0.4) is 0 Å². The second kappa shape index (κ2) is 6.97. The van der Waals surface area contributed by atoms with Crippen LogP contribution in [0.4, 0.5) is 0 Å². The van der Waals surface area contributed by atoms with E-state index < -0.39 is 0 Å². The maximum absolute atomic E-state index is 10.5. The second-order valence-corrected chi connectivity index (χ2v) is 2.03. The fourth-order valence-electron chi connectivity index (χ4n) is 0.806. The van der Waals surface area contributed by atoms with E-state index in [1.54, 1.807) is 0 Å². The van der Waals surface area contributed by atoms with Crippen molar-refractivity contribution in [3.8, 4) is 0 Å². The lowest BCUT2D eigenvalue weighted by Gasteiger charge is -1.93. The minimum Gasteiger partial charge on any atom is -0.466 e. The van der Waals surface area contributed by atoms with Gasteiger partial charge in [0.2, 0.25) is 0 Å². The Bertz CT molecular complexity index is 85.0. The molecule has 0 aromatic rings. The van der Waals surface area contributed by atoms with Gasteiger partial charge in [0, 0.05) is 6.42 Å². The normalized spacial score (nSPS) is 18.0. The molecule has 60 valence electrons. The van der Waals surface area contributed by atoms with Crippen LogP contribution in [0.1, 0.15) is 25.7 Å². The standard InChI is InChI=1S/C6H10O2.H3OP/c7-6-4-2-1-3-5-8-6;1-2/h1-5H2;1H,2H2. The molecule has 0 saturated carbocycles. The lowest BCUT2D eigenvalue weighted by Crippen LogP contribution is -2.00. The first kappa shape index (κ1) is 9.86. The van der Waals surface area contributed by atoms with Crippen molar-refractivity contribution in [2.75, 3.05) is 6.61 Å². The SMILES string of the molecule is O=C1CCCCCO1.OP. The molecule has 0 aromatic carbocycles. The summed E-state index contributed by atoms with van der Waals surface area (Å²) >= 11 is 0. The maximum atomic E-state index is 10.5. The van der Waals surface area contributed by atoms with Gasteiger partial charge in [0.15, 0.2) is 0 Å². The summed E-state index contributed by atoms with van der Waals surface area (Å²) in [6.45, 7) is 0.638. The molecule has 0 aliphatic carbocycles. The molecule has 0 radical (unpaired) electrons. The number of hydrogen-bond acceptors (Lipinski definition) is 3. The number of hydrogen-bond donors (Lipinski definition) is 1. The summed E-state index contributed by atoms with van der Waals surface area (Å²) in [5, 5.41) is 0. The molecule has 1 rings (SSSR count). The molecule has 1 unspecified atom stereocenters. The van der Waals surface area contributed by atoms with Gasteiger partial charge in [-0.15, -0.1) is 0 Å². The molecule has 1 aliphatic heterocycles. The van der Waals surface area contributed by atoms with Crippen LogP contribution in [0.5, 0.6) is 0 Å². The largest absolute Gasteiger partial charge is 0.466 e. The molecular weight excluding hydrogens is 151 g/mol. The van der Waals surface area contributed by atoms with E-state index in [1.165, 1.54) is 9.47 Å². The number of carbonyl (C=O) groups excluding carboxylic acids is 1. The quantitative estimate of drug-likeness (QED) is 0.427. The highest BCUT2D eigenvalue weighted by atomic mass is 31.0. The summed E-state index contributed by atoms with van der Waals surface area (Å²) in [4.78, 5) is 17.4. The maximum Gasteiger partial charge on any atom is 0.305 e. The number of rotatable bonds is 0. The third-order valence-electron chi connectivity index (χ3n) is 1.29. The van der Waals surface area contributed by atoms with Crippen LogP contribution in [0.25, 0.3) is 0 Å². The van der Waals surface area contributed by atoms with Gasteiger partial charge in [-0.2, -0.15) is 0 Å². The van der Waals surface area contributed by atoms with Crippen molar-refractivity contribution in [3.05, 3.63) is 0 Å². The molecular formula is C6H13O3P. The van der Waals surface area contributed by atoms with Crippen molar-refractivity contribution in [2.45, 2.75) is 25.7 Å². The molecule has 0 amide bonds. The third kappa shape index (κ3) is 4.71. The van der Waals surface area contributed by atoms with Crippen LogP contribution < -0.4 is 0 Å². The molecule has 0 aromatic heterocycles. The molecule has 1 aliphatic rings. The highest BCUT2D eigenvalue weighted by Gasteiger charge is 2.05. The summed E-state index contributed by atoms with van der Waals surface area (Å²) < 4.78 is 4.76. The predicted molar refractivity (Wildman–Crippen MR) is 41.4 cm³/mol. The Balaban J connectivity index is 0.000000371. The molecule has 1 heterocycles. The van der Waals surface area contributed by atoms with E-state index >= 15 is 0 Å². The van der Waals surface area contributed by atoms with Gasteiger partial charge in [0.25, 0.3) is 0 Å². The minimum absolute atomic E-state index is 0.0255. The molecule has 4 heteroatoms. The lowest BCUT2D eigenvalue weighted by atomic mass is 10.2. The Morgan fingerprint density at radius 1 is 1.30 bits per heavy atom. The minimum atomic E-state index is -0.0255. The van der Waals surface area contributed by atoms with E-state index in [-0.39, 0.29) is 5.97 Å². The van der Waals surface area contributed by atoms with Gasteiger partial charge < -0.3 is 9.63 Å². The fraction of sp³-hybridized carbons (Fsp3) is 0.833. The van der Waals surface area contributed by atoms with Gasteiger partial charge in [-0.05, 0) is 28.7 Å². The Labute approximate surface area is 63.0 Å². The summed E-state index contributed by atoms with van der Waals surface area (Å²) in [5.74, 6) is -0.0255.